The number of rotatable bonds is 5. The van der Waals surface area contributed by atoms with Crippen LogP contribution in [0.1, 0.15) is 11.1 Å². The second-order valence-corrected chi connectivity index (χ2v) is 5.09. The Labute approximate surface area is 114 Å². The van der Waals surface area contributed by atoms with Gasteiger partial charge in [0, 0.05) is 11.4 Å². The van der Waals surface area contributed by atoms with Crippen LogP contribution in [0.3, 0.4) is 0 Å². The fourth-order valence-electron chi connectivity index (χ4n) is 2.16. The van der Waals surface area contributed by atoms with E-state index < -0.39 is 0 Å². The zero-order valence-electron chi connectivity index (χ0n) is 10.4. The molecule has 0 radical (unpaired) electrons. The first-order valence-electron chi connectivity index (χ1n) is 6.15. The van der Waals surface area contributed by atoms with E-state index >= 15 is 0 Å². The molecule has 2 N–H and O–H groups in total. The molecule has 0 saturated heterocycles. The van der Waals surface area contributed by atoms with Crippen molar-refractivity contribution in [3.05, 3.63) is 71.8 Å². The molecule has 0 atom stereocenters. The van der Waals surface area contributed by atoms with Gasteiger partial charge in [-0.05, 0) is 24.0 Å². The summed E-state index contributed by atoms with van der Waals surface area (Å²) in [6.45, 7) is 0. The minimum atomic E-state index is -0.385. The van der Waals surface area contributed by atoms with Gasteiger partial charge in [0.05, 0.1) is 0 Å². The Morgan fingerprint density at radius 3 is 1.50 bits per heavy atom. The van der Waals surface area contributed by atoms with Gasteiger partial charge in [-0.15, -0.1) is 11.6 Å². The first-order chi connectivity index (χ1) is 8.72. The average molecular weight is 260 g/mol. The fourth-order valence-corrected chi connectivity index (χ4v) is 2.35. The van der Waals surface area contributed by atoms with Crippen molar-refractivity contribution in [2.45, 2.75) is 18.4 Å². The highest BCUT2D eigenvalue weighted by atomic mass is 35.5. The molecule has 0 saturated carbocycles. The Kier molecular flexibility index (Phi) is 4.40. The van der Waals surface area contributed by atoms with E-state index in [4.69, 9.17) is 17.3 Å². The first kappa shape index (κ1) is 13.1. The summed E-state index contributed by atoms with van der Waals surface area (Å²) in [6.07, 6.45) is 1.60. The molecular formula is C16H18ClN. The summed E-state index contributed by atoms with van der Waals surface area (Å²) in [7, 11) is 0. The van der Waals surface area contributed by atoms with Gasteiger partial charge in [-0.25, -0.2) is 0 Å². The average Bonchev–Trinajstić information content (AvgIpc) is 2.41. The summed E-state index contributed by atoms with van der Waals surface area (Å²) in [5, 5.41) is 0. The van der Waals surface area contributed by atoms with E-state index in [1.807, 2.05) is 36.4 Å². The summed E-state index contributed by atoms with van der Waals surface area (Å²) >= 11 is 6.08. The molecule has 0 aliphatic rings. The van der Waals surface area contributed by atoms with Crippen LogP contribution in [0.2, 0.25) is 0 Å². The van der Waals surface area contributed by atoms with Crippen molar-refractivity contribution >= 4 is 11.6 Å². The summed E-state index contributed by atoms with van der Waals surface area (Å²) in [4.78, 5) is 0. The Hall–Kier alpha value is -1.31. The molecule has 0 aromatic heterocycles. The number of nitrogens with two attached hydrogens (primary N) is 1. The van der Waals surface area contributed by atoms with Crippen molar-refractivity contribution in [2.75, 3.05) is 5.88 Å². The Morgan fingerprint density at radius 1 is 0.778 bits per heavy atom. The van der Waals surface area contributed by atoms with Crippen LogP contribution in [-0.2, 0) is 12.8 Å². The van der Waals surface area contributed by atoms with Crippen molar-refractivity contribution in [3.8, 4) is 0 Å². The third kappa shape index (κ3) is 3.59. The Balaban J connectivity index is 2.11. The van der Waals surface area contributed by atoms with E-state index in [1.165, 1.54) is 11.1 Å². The molecule has 0 amide bonds. The molecule has 2 heteroatoms. The Bertz CT molecular complexity index is 425. The smallest absolute Gasteiger partial charge is 0.0410 e. The Morgan fingerprint density at radius 2 is 1.17 bits per heavy atom. The van der Waals surface area contributed by atoms with Crippen LogP contribution in [0.15, 0.2) is 60.7 Å². The maximum Gasteiger partial charge on any atom is 0.0410 e. The van der Waals surface area contributed by atoms with Crippen molar-refractivity contribution < 1.29 is 0 Å². The van der Waals surface area contributed by atoms with Gasteiger partial charge in [0.25, 0.3) is 0 Å². The molecular weight excluding hydrogens is 242 g/mol. The molecule has 2 aromatic carbocycles. The van der Waals surface area contributed by atoms with Crippen LogP contribution in [0.25, 0.3) is 0 Å². The van der Waals surface area contributed by atoms with Gasteiger partial charge < -0.3 is 5.73 Å². The molecule has 2 aromatic rings. The highest BCUT2D eigenvalue weighted by molar-refractivity contribution is 6.18. The standard InChI is InChI=1S/C16H18ClN/c17-13-16(18,11-14-7-3-1-4-8-14)12-15-9-5-2-6-10-15/h1-10H,11-13,18H2. The highest BCUT2D eigenvalue weighted by Gasteiger charge is 2.24. The van der Waals surface area contributed by atoms with Crippen LogP contribution >= 0.6 is 11.6 Å². The third-order valence-corrected chi connectivity index (χ3v) is 3.60. The van der Waals surface area contributed by atoms with Crippen molar-refractivity contribution in [1.82, 2.24) is 0 Å². The van der Waals surface area contributed by atoms with E-state index in [0.717, 1.165) is 12.8 Å². The van der Waals surface area contributed by atoms with Gasteiger partial charge in [-0.1, -0.05) is 60.7 Å². The van der Waals surface area contributed by atoms with Crippen molar-refractivity contribution in [2.24, 2.45) is 5.73 Å². The van der Waals surface area contributed by atoms with E-state index in [1.54, 1.807) is 0 Å². The molecule has 0 aliphatic heterocycles. The SMILES string of the molecule is NC(CCl)(Cc1ccccc1)Cc1ccccc1. The van der Waals surface area contributed by atoms with Crippen LogP contribution < -0.4 is 5.73 Å². The molecule has 0 bridgehead atoms. The molecule has 18 heavy (non-hydrogen) atoms. The van der Waals surface area contributed by atoms with E-state index in [0.29, 0.717) is 5.88 Å². The lowest BCUT2D eigenvalue weighted by Crippen LogP contribution is -2.46. The summed E-state index contributed by atoms with van der Waals surface area (Å²) < 4.78 is 0. The van der Waals surface area contributed by atoms with Crippen LogP contribution in [0.5, 0.6) is 0 Å². The largest absolute Gasteiger partial charge is 0.324 e. The second-order valence-electron chi connectivity index (χ2n) is 4.82. The van der Waals surface area contributed by atoms with Gasteiger partial charge in [-0.2, -0.15) is 0 Å². The van der Waals surface area contributed by atoms with Crippen molar-refractivity contribution in [1.29, 1.82) is 0 Å². The molecule has 94 valence electrons. The molecule has 2 rings (SSSR count). The third-order valence-electron chi connectivity index (χ3n) is 3.06. The molecule has 0 unspecified atom stereocenters. The van der Waals surface area contributed by atoms with Crippen LogP contribution in [0, 0.1) is 0 Å². The fraction of sp³-hybridized carbons (Fsp3) is 0.250. The predicted octanol–water partition coefficient (Wildman–Crippen LogP) is 3.41. The molecule has 0 spiro atoms. The van der Waals surface area contributed by atoms with Crippen LogP contribution in [0.4, 0.5) is 0 Å². The van der Waals surface area contributed by atoms with E-state index in [-0.39, 0.29) is 5.54 Å². The van der Waals surface area contributed by atoms with Gasteiger partial charge >= 0.3 is 0 Å². The lowest BCUT2D eigenvalue weighted by molar-refractivity contribution is 0.469. The van der Waals surface area contributed by atoms with Gasteiger partial charge in [-0.3, -0.25) is 0 Å². The lowest BCUT2D eigenvalue weighted by Gasteiger charge is -2.27. The summed E-state index contributed by atoms with van der Waals surface area (Å²) in [5.74, 6) is 0.455. The minimum Gasteiger partial charge on any atom is -0.324 e. The number of hydrogen-bond acceptors (Lipinski definition) is 1. The quantitative estimate of drug-likeness (QED) is 0.819. The number of hydrogen-bond donors (Lipinski definition) is 1. The van der Waals surface area contributed by atoms with Gasteiger partial charge in [0.15, 0.2) is 0 Å². The topological polar surface area (TPSA) is 26.0 Å². The van der Waals surface area contributed by atoms with E-state index in [9.17, 15) is 0 Å². The van der Waals surface area contributed by atoms with Gasteiger partial charge in [0.1, 0.15) is 0 Å². The molecule has 0 aliphatic carbocycles. The summed E-state index contributed by atoms with van der Waals surface area (Å²) in [6, 6.07) is 20.5. The lowest BCUT2D eigenvalue weighted by atomic mass is 9.87. The highest BCUT2D eigenvalue weighted by Crippen LogP contribution is 2.18. The first-order valence-corrected chi connectivity index (χ1v) is 6.68. The van der Waals surface area contributed by atoms with E-state index in [2.05, 4.69) is 24.3 Å². The zero-order chi connectivity index (χ0) is 12.8. The monoisotopic (exact) mass is 259 g/mol. The predicted molar refractivity (Wildman–Crippen MR) is 77.9 cm³/mol. The number of halogens is 1. The second kappa shape index (κ2) is 6.03. The maximum atomic E-state index is 6.43. The summed E-state index contributed by atoms with van der Waals surface area (Å²) in [5.41, 5.74) is 8.51. The zero-order valence-corrected chi connectivity index (χ0v) is 11.1. The molecule has 0 heterocycles. The maximum absolute atomic E-state index is 6.43. The normalized spacial score (nSPS) is 11.4. The molecule has 0 fully saturated rings. The van der Waals surface area contributed by atoms with Crippen molar-refractivity contribution in [3.63, 3.8) is 0 Å². The van der Waals surface area contributed by atoms with Crippen LogP contribution in [-0.4, -0.2) is 11.4 Å². The number of benzene rings is 2. The number of alkyl halides is 1. The minimum absolute atomic E-state index is 0.385. The van der Waals surface area contributed by atoms with Gasteiger partial charge in [0.2, 0.25) is 0 Å². The molecule has 1 nitrogen and oxygen atoms in total.